The van der Waals surface area contributed by atoms with Crippen LogP contribution in [0.5, 0.6) is 0 Å². The number of hydrogen-bond donors (Lipinski definition) is 0. The van der Waals surface area contributed by atoms with E-state index in [0.29, 0.717) is 0 Å². The molecule has 0 spiro atoms. The second-order valence-electron chi connectivity index (χ2n) is 3.18. The second kappa shape index (κ2) is 2.12. The van der Waals surface area contributed by atoms with E-state index in [0.717, 1.165) is 0 Å². The van der Waals surface area contributed by atoms with Crippen molar-refractivity contribution in [2.45, 2.75) is 12.1 Å². The molecule has 2 saturated heterocycles. The summed E-state index contributed by atoms with van der Waals surface area (Å²) in [5, 5.41) is 0. The summed E-state index contributed by atoms with van der Waals surface area (Å²) in [6.07, 6.45) is -0.854. The van der Waals surface area contributed by atoms with E-state index in [4.69, 9.17) is 4.74 Å². The van der Waals surface area contributed by atoms with Gasteiger partial charge in [-0.1, -0.05) is 0 Å². The molecule has 12 heavy (non-hydrogen) atoms. The van der Waals surface area contributed by atoms with Gasteiger partial charge in [0.25, 0.3) is 0 Å². The van der Waals surface area contributed by atoms with Crippen LogP contribution < -0.4 is 0 Å². The molecule has 2 aliphatic heterocycles. The van der Waals surface area contributed by atoms with Crippen LogP contribution in [0.1, 0.15) is 0 Å². The summed E-state index contributed by atoms with van der Waals surface area (Å²) in [7, 11) is -1.42. The third-order valence-electron chi connectivity index (χ3n) is 2.31. The number of amides is 1. The van der Waals surface area contributed by atoms with Gasteiger partial charge in [-0.25, -0.2) is 13.2 Å². The standard InChI is InChI=1S/C6H9NO4S/c1-7-4-2-12(9,10)3-5(4)11-6(7)8/h4-5H,2-3H2,1H3/t4-,5-/m1/s1. The van der Waals surface area contributed by atoms with Crippen LogP contribution in [-0.2, 0) is 14.6 Å². The van der Waals surface area contributed by atoms with E-state index in [9.17, 15) is 13.2 Å². The Morgan fingerprint density at radius 2 is 2.17 bits per heavy atom. The molecular formula is C6H9NO4S. The summed E-state index contributed by atoms with van der Waals surface area (Å²) in [5.41, 5.74) is 0. The molecular weight excluding hydrogens is 182 g/mol. The lowest BCUT2D eigenvalue weighted by molar-refractivity contribution is 0.141. The molecule has 0 saturated carbocycles. The molecule has 6 heteroatoms. The number of hydrogen-bond acceptors (Lipinski definition) is 4. The average Bonchev–Trinajstić information content (AvgIpc) is 2.33. The number of ether oxygens (including phenoxy) is 1. The zero-order valence-electron chi connectivity index (χ0n) is 6.56. The number of nitrogens with zero attached hydrogens (tertiary/aromatic N) is 1. The van der Waals surface area contributed by atoms with Crippen molar-refractivity contribution in [2.24, 2.45) is 0 Å². The summed E-state index contributed by atoms with van der Waals surface area (Å²) < 4.78 is 27.0. The first-order valence-corrected chi connectivity index (χ1v) is 5.45. The first-order chi connectivity index (χ1) is 5.49. The van der Waals surface area contributed by atoms with Crippen molar-refractivity contribution in [2.75, 3.05) is 18.6 Å². The highest BCUT2D eigenvalue weighted by atomic mass is 32.2. The molecule has 2 aliphatic rings. The Balaban J connectivity index is 2.27. The van der Waals surface area contributed by atoms with E-state index < -0.39 is 22.0 Å². The highest BCUT2D eigenvalue weighted by molar-refractivity contribution is 7.91. The average molecular weight is 191 g/mol. The third-order valence-corrected chi connectivity index (χ3v) is 4.00. The van der Waals surface area contributed by atoms with Gasteiger partial charge >= 0.3 is 6.09 Å². The predicted octanol–water partition coefficient (Wildman–Crippen LogP) is -0.766. The van der Waals surface area contributed by atoms with Crippen LogP contribution in [-0.4, -0.2) is 50.1 Å². The molecule has 5 nitrogen and oxygen atoms in total. The molecule has 0 aromatic heterocycles. The van der Waals surface area contributed by atoms with Gasteiger partial charge in [-0.2, -0.15) is 0 Å². The highest BCUT2D eigenvalue weighted by Gasteiger charge is 2.49. The molecule has 2 rings (SSSR count). The van der Waals surface area contributed by atoms with E-state index >= 15 is 0 Å². The molecule has 2 heterocycles. The normalized spacial score (nSPS) is 38.1. The number of carbonyl (C=O) groups is 1. The minimum absolute atomic E-state index is 0.0201. The molecule has 2 atom stereocenters. The molecule has 0 N–H and O–H groups in total. The fraction of sp³-hybridized carbons (Fsp3) is 0.833. The number of sulfone groups is 1. The van der Waals surface area contributed by atoms with E-state index in [-0.39, 0.29) is 17.5 Å². The highest BCUT2D eigenvalue weighted by Crippen LogP contribution is 2.26. The van der Waals surface area contributed by atoms with Gasteiger partial charge in [-0.15, -0.1) is 0 Å². The number of carbonyl (C=O) groups excluding carboxylic acids is 1. The first-order valence-electron chi connectivity index (χ1n) is 3.63. The fourth-order valence-corrected chi connectivity index (χ4v) is 3.50. The Labute approximate surface area is 70.2 Å². The largest absolute Gasteiger partial charge is 0.443 e. The molecule has 0 radical (unpaired) electrons. The van der Waals surface area contributed by atoms with E-state index in [1.54, 1.807) is 7.05 Å². The molecule has 0 unspecified atom stereocenters. The second-order valence-corrected chi connectivity index (χ2v) is 5.33. The molecule has 0 aliphatic carbocycles. The van der Waals surface area contributed by atoms with Crippen LogP contribution in [0, 0.1) is 0 Å². The van der Waals surface area contributed by atoms with Crippen molar-refractivity contribution in [1.82, 2.24) is 4.90 Å². The van der Waals surface area contributed by atoms with E-state index in [1.165, 1.54) is 4.90 Å². The van der Waals surface area contributed by atoms with Crippen LogP contribution in [0.2, 0.25) is 0 Å². The van der Waals surface area contributed by atoms with E-state index in [1.807, 2.05) is 0 Å². The first kappa shape index (κ1) is 7.85. The zero-order chi connectivity index (χ0) is 8.93. The Hall–Kier alpha value is -0.780. The molecule has 0 bridgehead atoms. The maximum Gasteiger partial charge on any atom is 0.410 e. The van der Waals surface area contributed by atoms with Crippen molar-refractivity contribution in [3.63, 3.8) is 0 Å². The number of fused-ring (bicyclic) bond motifs is 1. The minimum Gasteiger partial charge on any atom is -0.443 e. The Kier molecular flexibility index (Phi) is 1.39. The van der Waals surface area contributed by atoms with Crippen LogP contribution in [0.15, 0.2) is 0 Å². The Morgan fingerprint density at radius 1 is 1.50 bits per heavy atom. The summed E-state index contributed by atoms with van der Waals surface area (Å²) >= 11 is 0. The van der Waals surface area contributed by atoms with Gasteiger partial charge in [0.15, 0.2) is 9.84 Å². The van der Waals surface area contributed by atoms with Crippen LogP contribution in [0.4, 0.5) is 4.79 Å². The van der Waals surface area contributed by atoms with Gasteiger partial charge in [0.1, 0.15) is 6.10 Å². The van der Waals surface area contributed by atoms with Gasteiger partial charge < -0.3 is 9.64 Å². The lowest BCUT2D eigenvalue weighted by Crippen LogP contribution is -2.33. The van der Waals surface area contributed by atoms with Crippen molar-refractivity contribution >= 4 is 15.9 Å². The summed E-state index contributed by atoms with van der Waals surface area (Å²) in [6.45, 7) is 0. The van der Waals surface area contributed by atoms with Gasteiger partial charge in [-0.3, -0.25) is 0 Å². The van der Waals surface area contributed by atoms with Crippen molar-refractivity contribution in [3.8, 4) is 0 Å². The lowest BCUT2D eigenvalue weighted by atomic mass is 10.2. The summed E-state index contributed by atoms with van der Waals surface area (Å²) in [4.78, 5) is 12.3. The quantitative estimate of drug-likeness (QED) is 0.504. The fourth-order valence-electron chi connectivity index (χ4n) is 1.62. The van der Waals surface area contributed by atoms with Gasteiger partial charge in [0.2, 0.25) is 0 Å². The van der Waals surface area contributed by atoms with Crippen molar-refractivity contribution < 1.29 is 17.9 Å². The minimum atomic E-state index is -2.98. The van der Waals surface area contributed by atoms with Crippen LogP contribution in [0.25, 0.3) is 0 Å². The smallest absolute Gasteiger partial charge is 0.410 e. The Morgan fingerprint density at radius 3 is 2.75 bits per heavy atom. The summed E-state index contributed by atoms with van der Waals surface area (Å²) in [5.74, 6) is 0.0215. The van der Waals surface area contributed by atoms with Gasteiger partial charge in [0.05, 0.1) is 17.5 Å². The van der Waals surface area contributed by atoms with Crippen LogP contribution in [0.3, 0.4) is 0 Å². The molecule has 0 aromatic rings. The predicted molar refractivity (Wildman–Crippen MR) is 40.5 cm³/mol. The van der Waals surface area contributed by atoms with Crippen molar-refractivity contribution in [1.29, 1.82) is 0 Å². The van der Waals surface area contributed by atoms with Gasteiger partial charge in [0, 0.05) is 7.05 Å². The SMILES string of the molecule is CN1C(=O)O[C@@H]2CS(=O)(=O)C[C@H]21. The maximum absolute atomic E-state index is 11.1. The number of likely N-dealkylation sites (N-methyl/N-ethyl adjacent to an activating group) is 1. The maximum atomic E-state index is 11.1. The topological polar surface area (TPSA) is 63.7 Å². The lowest BCUT2D eigenvalue weighted by Gasteiger charge is -2.11. The Bertz CT molecular complexity index is 322. The van der Waals surface area contributed by atoms with Crippen LogP contribution >= 0.6 is 0 Å². The zero-order valence-corrected chi connectivity index (χ0v) is 7.37. The molecule has 1 amide bonds. The molecule has 0 aromatic carbocycles. The van der Waals surface area contributed by atoms with Crippen molar-refractivity contribution in [3.05, 3.63) is 0 Å². The summed E-state index contributed by atoms with van der Waals surface area (Å²) in [6, 6.07) is -0.262. The van der Waals surface area contributed by atoms with E-state index in [2.05, 4.69) is 0 Å². The number of rotatable bonds is 0. The monoisotopic (exact) mass is 191 g/mol. The van der Waals surface area contributed by atoms with Gasteiger partial charge in [-0.05, 0) is 0 Å². The third kappa shape index (κ3) is 0.979. The molecule has 68 valence electrons. The molecule has 2 fully saturated rings.